The van der Waals surface area contributed by atoms with Gasteiger partial charge in [0.15, 0.2) is 0 Å². The molecule has 0 aliphatic carbocycles. The van der Waals surface area contributed by atoms with Crippen LogP contribution in [0.3, 0.4) is 0 Å². The molecule has 0 aliphatic rings. The molecule has 0 aromatic rings. The van der Waals surface area contributed by atoms with Crippen LogP contribution >= 0.6 is 0 Å². The van der Waals surface area contributed by atoms with Crippen LogP contribution in [0.2, 0.25) is 0 Å². The van der Waals surface area contributed by atoms with Crippen molar-refractivity contribution in [2.75, 3.05) is 6.54 Å². The van der Waals surface area contributed by atoms with E-state index in [0.717, 1.165) is 12.5 Å². The first-order valence-corrected chi connectivity index (χ1v) is 5.51. The molecule has 0 aromatic carbocycles. The molecule has 1 atom stereocenters. The molecule has 0 aromatic heterocycles. The predicted molar refractivity (Wildman–Crippen MR) is 56.2 cm³/mol. The zero-order valence-corrected chi connectivity index (χ0v) is 8.81. The van der Waals surface area contributed by atoms with Gasteiger partial charge in [-0.05, 0) is 18.9 Å². The van der Waals surface area contributed by atoms with Crippen molar-refractivity contribution in [2.24, 2.45) is 11.7 Å². The molecule has 74 valence electrons. The van der Waals surface area contributed by atoms with Crippen LogP contribution in [0, 0.1) is 5.92 Å². The standard InChI is InChI=1S/C11H25N/c1-3-4-5-8-11(2)9-6-7-10-12/h11H,3-10,12H2,1-2H3/t11-/m1/s1. The Hall–Kier alpha value is -0.0400. The number of hydrogen-bond acceptors (Lipinski definition) is 1. The third-order valence-electron chi connectivity index (χ3n) is 2.45. The molecule has 0 rings (SSSR count). The smallest absolute Gasteiger partial charge is 0.00773 e. The van der Waals surface area contributed by atoms with Crippen LogP contribution in [-0.2, 0) is 0 Å². The Bertz CT molecular complexity index is 71.1. The highest BCUT2D eigenvalue weighted by Gasteiger charge is 2.00. The zero-order valence-electron chi connectivity index (χ0n) is 8.81. The van der Waals surface area contributed by atoms with Crippen LogP contribution in [0.4, 0.5) is 0 Å². The second-order valence-electron chi connectivity index (χ2n) is 3.89. The molecular formula is C11H25N. The van der Waals surface area contributed by atoms with E-state index >= 15 is 0 Å². The zero-order chi connectivity index (χ0) is 9.23. The van der Waals surface area contributed by atoms with Crippen molar-refractivity contribution in [3.63, 3.8) is 0 Å². The largest absolute Gasteiger partial charge is 0.330 e. The molecule has 1 nitrogen and oxygen atoms in total. The average Bonchev–Trinajstić information content (AvgIpc) is 2.06. The van der Waals surface area contributed by atoms with Gasteiger partial charge in [0.05, 0.1) is 0 Å². The van der Waals surface area contributed by atoms with Crippen LogP contribution in [0.25, 0.3) is 0 Å². The van der Waals surface area contributed by atoms with E-state index in [1.54, 1.807) is 0 Å². The Morgan fingerprint density at radius 1 is 1.00 bits per heavy atom. The lowest BCUT2D eigenvalue weighted by Gasteiger charge is -2.09. The number of rotatable bonds is 8. The monoisotopic (exact) mass is 171 g/mol. The summed E-state index contributed by atoms with van der Waals surface area (Å²) in [5, 5.41) is 0. The minimum atomic E-state index is 0.863. The molecule has 0 fully saturated rings. The summed E-state index contributed by atoms with van der Waals surface area (Å²) in [6.07, 6.45) is 9.48. The van der Waals surface area contributed by atoms with E-state index in [9.17, 15) is 0 Å². The second-order valence-corrected chi connectivity index (χ2v) is 3.89. The fraction of sp³-hybridized carbons (Fsp3) is 1.00. The van der Waals surface area contributed by atoms with Gasteiger partial charge >= 0.3 is 0 Å². The maximum atomic E-state index is 5.44. The van der Waals surface area contributed by atoms with Crippen molar-refractivity contribution < 1.29 is 0 Å². The van der Waals surface area contributed by atoms with E-state index in [4.69, 9.17) is 5.73 Å². The first-order chi connectivity index (χ1) is 5.81. The molecule has 0 saturated carbocycles. The molecule has 0 spiro atoms. The minimum Gasteiger partial charge on any atom is -0.330 e. The summed E-state index contributed by atoms with van der Waals surface area (Å²) in [7, 11) is 0. The normalized spacial score (nSPS) is 13.2. The summed E-state index contributed by atoms with van der Waals surface area (Å²) in [6, 6.07) is 0. The number of hydrogen-bond donors (Lipinski definition) is 1. The van der Waals surface area contributed by atoms with Gasteiger partial charge in [-0.25, -0.2) is 0 Å². The van der Waals surface area contributed by atoms with Crippen molar-refractivity contribution in [3.05, 3.63) is 0 Å². The lowest BCUT2D eigenvalue weighted by Crippen LogP contribution is -2.00. The van der Waals surface area contributed by atoms with Gasteiger partial charge in [0.25, 0.3) is 0 Å². The van der Waals surface area contributed by atoms with Gasteiger partial charge in [0.1, 0.15) is 0 Å². The Morgan fingerprint density at radius 3 is 2.08 bits per heavy atom. The lowest BCUT2D eigenvalue weighted by molar-refractivity contribution is 0.445. The quantitative estimate of drug-likeness (QED) is 0.557. The van der Waals surface area contributed by atoms with Gasteiger partial charge in [-0.15, -0.1) is 0 Å². The van der Waals surface area contributed by atoms with Gasteiger partial charge in [-0.3, -0.25) is 0 Å². The van der Waals surface area contributed by atoms with Crippen molar-refractivity contribution in [2.45, 2.75) is 58.8 Å². The Balaban J connectivity index is 3.04. The van der Waals surface area contributed by atoms with Gasteiger partial charge in [-0.1, -0.05) is 52.4 Å². The average molecular weight is 171 g/mol. The summed E-state index contributed by atoms with van der Waals surface area (Å²) in [5.41, 5.74) is 5.44. The fourth-order valence-electron chi connectivity index (χ4n) is 1.52. The fourth-order valence-corrected chi connectivity index (χ4v) is 1.52. The second kappa shape index (κ2) is 9.05. The third kappa shape index (κ3) is 8.06. The highest BCUT2D eigenvalue weighted by atomic mass is 14.5. The summed E-state index contributed by atoms with van der Waals surface area (Å²) in [4.78, 5) is 0. The third-order valence-corrected chi connectivity index (χ3v) is 2.45. The molecule has 0 unspecified atom stereocenters. The Labute approximate surface area is 77.7 Å². The topological polar surface area (TPSA) is 26.0 Å². The highest BCUT2D eigenvalue weighted by Crippen LogP contribution is 2.15. The van der Waals surface area contributed by atoms with Gasteiger partial charge in [-0.2, -0.15) is 0 Å². The van der Waals surface area contributed by atoms with E-state index in [0.29, 0.717) is 0 Å². The molecule has 0 radical (unpaired) electrons. The molecule has 0 bridgehead atoms. The van der Waals surface area contributed by atoms with Crippen molar-refractivity contribution >= 4 is 0 Å². The lowest BCUT2D eigenvalue weighted by atomic mass is 9.97. The molecule has 0 amide bonds. The van der Waals surface area contributed by atoms with Crippen molar-refractivity contribution in [3.8, 4) is 0 Å². The molecule has 0 saturated heterocycles. The summed E-state index contributed by atoms with van der Waals surface area (Å²) in [5.74, 6) is 0.920. The van der Waals surface area contributed by atoms with Crippen LogP contribution in [0.15, 0.2) is 0 Å². The summed E-state index contributed by atoms with van der Waals surface area (Å²) < 4.78 is 0. The van der Waals surface area contributed by atoms with E-state index in [-0.39, 0.29) is 0 Å². The highest BCUT2D eigenvalue weighted by molar-refractivity contribution is 4.54. The first-order valence-electron chi connectivity index (χ1n) is 5.51. The molecular weight excluding hydrogens is 146 g/mol. The van der Waals surface area contributed by atoms with Crippen molar-refractivity contribution in [1.82, 2.24) is 0 Å². The van der Waals surface area contributed by atoms with E-state index in [1.807, 2.05) is 0 Å². The predicted octanol–water partition coefficient (Wildman–Crippen LogP) is 3.33. The molecule has 1 heteroatoms. The van der Waals surface area contributed by atoms with E-state index in [2.05, 4.69) is 13.8 Å². The molecule has 0 aliphatic heterocycles. The maximum absolute atomic E-state index is 5.44. The SMILES string of the molecule is CCCCC[C@@H](C)CCCCN. The minimum absolute atomic E-state index is 0.863. The van der Waals surface area contributed by atoms with E-state index < -0.39 is 0 Å². The van der Waals surface area contributed by atoms with Crippen molar-refractivity contribution in [1.29, 1.82) is 0 Å². The Morgan fingerprint density at radius 2 is 1.58 bits per heavy atom. The Kier molecular flexibility index (Phi) is 9.02. The molecule has 0 heterocycles. The number of unbranched alkanes of at least 4 members (excludes halogenated alkanes) is 3. The van der Waals surface area contributed by atoms with Gasteiger partial charge in [0.2, 0.25) is 0 Å². The summed E-state index contributed by atoms with van der Waals surface area (Å²) >= 11 is 0. The first kappa shape index (κ1) is 12.0. The van der Waals surface area contributed by atoms with Gasteiger partial charge in [0, 0.05) is 0 Å². The van der Waals surface area contributed by atoms with Crippen LogP contribution < -0.4 is 5.73 Å². The molecule has 2 N–H and O–H groups in total. The van der Waals surface area contributed by atoms with Crippen LogP contribution in [0.1, 0.15) is 58.8 Å². The molecule has 12 heavy (non-hydrogen) atoms. The van der Waals surface area contributed by atoms with Gasteiger partial charge < -0.3 is 5.73 Å². The number of nitrogens with two attached hydrogens (primary N) is 1. The summed E-state index contributed by atoms with van der Waals surface area (Å²) in [6.45, 7) is 5.49. The van der Waals surface area contributed by atoms with Crippen LogP contribution in [0.5, 0.6) is 0 Å². The van der Waals surface area contributed by atoms with Crippen LogP contribution in [-0.4, -0.2) is 6.54 Å². The van der Waals surface area contributed by atoms with E-state index in [1.165, 1.54) is 44.9 Å². The maximum Gasteiger partial charge on any atom is -0.00773 e.